The van der Waals surface area contributed by atoms with Gasteiger partial charge >= 0.3 is 11.7 Å². The van der Waals surface area contributed by atoms with Crippen LogP contribution >= 0.6 is 0 Å². The fraction of sp³-hybridized carbons (Fsp3) is 0.364. The number of hydrogen-bond donors (Lipinski definition) is 1. The number of amides is 1. The molecule has 108 valence electrons. The number of carbonyl (C=O) groups is 2. The van der Waals surface area contributed by atoms with Crippen LogP contribution in [-0.2, 0) is 4.79 Å². The Labute approximate surface area is 114 Å². The van der Waals surface area contributed by atoms with E-state index in [1.807, 2.05) is 0 Å². The highest BCUT2D eigenvalue weighted by Gasteiger charge is 2.23. The van der Waals surface area contributed by atoms with Crippen molar-refractivity contribution < 1.29 is 19.6 Å². The summed E-state index contributed by atoms with van der Waals surface area (Å²) < 4.78 is 0. The molecule has 9 heteroatoms. The maximum absolute atomic E-state index is 11.6. The Morgan fingerprint density at radius 3 is 2.40 bits per heavy atom. The molecule has 20 heavy (non-hydrogen) atoms. The number of likely N-dealkylation sites (N-methyl/N-ethyl adjacent to an activating group) is 2. The topological polar surface area (TPSA) is 117 Å². The monoisotopic (exact) mass is 282 g/mol. The predicted octanol–water partition coefficient (Wildman–Crippen LogP) is 0.212. The molecule has 0 saturated carbocycles. The molecule has 0 radical (unpaired) electrons. The molecule has 0 aliphatic rings. The molecule has 1 N–H and O–H groups in total. The molecular weight excluding hydrogens is 268 g/mol. The van der Waals surface area contributed by atoms with E-state index < -0.39 is 10.9 Å². The fourth-order valence-electron chi connectivity index (χ4n) is 1.40. The number of aromatic nitrogens is 1. The highest BCUT2D eigenvalue weighted by atomic mass is 16.6. The lowest BCUT2D eigenvalue weighted by molar-refractivity contribution is -0.384. The number of nitro groups is 1. The van der Waals surface area contributed by atoms with Crippen LogP contribution in [-0.4, -0.2) is 59.5 Å². The Hall–Kier alpha value is -2.71. The van der Waals surface area contributed by atoms with Crippen LogP contribution in [0.2, 0.25) is 0 Å². The summed E-state index contributed by atoms with van der Waals surface area (Å²) in [5, 5.41) is 19.8. The lowest BCUT2D eigenvalue weighted by Crippen LogP contribution is -2.35. The van der Waals surface area contributed by atoms with Crippen molar-refractivity contribution in [3.05, 3.63) is 27.9 Å². The minimum Gasteiger partial charge on any atom is -0.477 e. The second kappa shape index (κ2) is 5.95. The van der Waals surface area contributed by atoms with E-state index >= 15 is 0 Å². The molecule has 0 unspecified atom stereocenters. The van der Waals surface area contributed by atoms with Gasteiger partial charge in [-0.3, -0.25) is 14.9 Å². The van der Waals surface area contributed by atoms with Crippen LogP contribution in [0.15, 0.2) is 12.1 Å². The Balaban J connectivity index is 3.18. The van der Waals surface area contributed by atoms with Crippen LogP contribution in [0.4, 0.5) is 11.5 Å². The minimum atomic E-state index is -1.30. The van der Waals surface area contributed by atoms with E-state index in [4.69, 9.17) is 5.11 Å². The number of anilines is 1. The Kier molecular flexibility index (Phi) is 4.57. The van der Waals surface area contributed by atoms with Crippen LogP contribution in [0.3, 0.4) is 0 Å². The predicted molar refractivity (Wildman–Crippen MR) is 69.8 cm³/mol. The van der Waals surface area contributed by atoms with Crippen LogP contribution in [0.1, 0.15) is 10.5 Å². The third-order valence-electron chi connectivity index (χ3n) is 2.50. The summed E-state index contributed by atoms with van der Waals surface area (Å²) in [4.78, 5) is 39.0. The van der Waals surface area contributed by atoms with Crippen LogP contribution in [0.5, 0.6) is 0 Å². The largest absolute Gasteiger partial charge is 0.477 e. The number of rotatable bonds is 5. The van der Waals surface area contributed by atoms with Crippen molar-refractivity contribution in [2.24, 2.45) is 0 Å². The molecule has 0 saturated heterocycles. The van der Waals surface area contributed by atoms with E-state index in [0.717, 1.165) is 12.1 Å². The molecular formula is C11H14N4O5. The van der Waals surface area contributed by atoms with Gasteiger partial charge < -0.3 is 14.9 Å². The van der Waals surface area contributed by atoms with E-state index in [1.54, 1.807) is 14.1 Å². The molecule has 0 aliphatic heterocycles. The van der Waals surface area contributed by atoms with Gasteiger partial charge in [-0.2, -0.15) is 0 Å². The van der Waals surface area contributed by atoms with Gasteiger partial charge in [0, 0.05) is 27.2 Å². The molecule has 1 aromatic rings. The number of hydrogen-bond acceptors (Lipinski definition) is 6. The van der Waals surface area contributed by atoms with Crippen LogP contribution in [0, 0.1) is 10.1 Å². The first-order valence-corrected chi connectivity index (χ1v) is 5.54. The van der Waals surface area contributed by atoms with Crippen molar-refractivity contribution >= 4 is 23.4 Å². The SMILES string of the molecule is CN(C)C(=O)CN(C)c1nc(C(=O)O)ccc1[N+](=O)[O-]. The van der Waals surface area contributed by atoms with Crippen molar-refractivity contribution in [3.63, 3.8) is 0 Å². The molecule has 0 fully saturated rings. The third kappa shape index (κ3) is 3.40. The summed E-state index contributed by atoms with van der Waals surface area (Å²) in [6.07, 6.45) is 0. The summed E-state index contributed by atoms with van der Waals surface area (Å²) in [5.74, 6) is -1.75. The molecule has 1 heterocycles. The standard InChI is InChI=1S/C11H14N4O5/c1-13(2)9(16)6-14(3)10-8(15(19)20)5-4-7(12-10)11(17)18/h4-5H,6H2,1-3H3,(H,17,18). The van der Waals surface area contributed by atoms with Crippen LogP contribution < -0.4 is 4.90 Å². The van der Waals surface area contributed by atoms with Crippen molar-refractivity contribution in [2.75, 3.05) is 32.6 Å². The second-order valence-corrected chi connectivity index (χ2v) is 4.25. The highest BCUT2D eigenvalue weighted by molar-refractivity contribution is 5.87. The summed E-state index contributed by atoms with van der Waals surface area (Å²) in [6.45, 7) is -0.149. The number of carboxylic acids is 1. The molecule has 1 rings (SSSR count). The summed E-state index contributed by atoms with van der Waals surface area (Å²) in [5.41, 5.74) is -0.682. The van der Waals surface area contributed by atoms with Gasteiger partial charge in [-0.1, -0.05) is 0 Å². The molecule has 9 nitrogen and oxygen atoms in total. The van der Waals surface area contributed by atoms with E-state index in [2.05, 4.69) is 4.98 Å². The number of nitrogens with zero attached hydrogens (tertiary/aromatic N) is 4. The van der Waals surface area contributed by atoms with Gasteiger partial charge in [-0.25, -0.2) is 9.78 Å². The van der Waals surface area contributed by atoms with Gasteiger partial charge in [0.05, 0.1) is 11.5 Å². The van der Waals surface area contributed by atoms with Gasteiger partial charge in [0.1, 0.15) is 0 Å². The van der Waals surface area contributed by atoms with Crippen molar-refractivity contribution in [1.29, 1.82) is 0 Å². The molecule has 0 atom stereocenters. The molecule has 0 aromatic carbocycles. The summed E-state index contributed by atoms with van der Waals surface area (Å²) in [6, 6.07) is 2.11. The molecule has 0 aliphatic carbocycles. The first-order chi connectivity index (χ1) is 9.23. The number of pyridine rings is 1. The highest BCUT2D eigenvalue weighted by Crippen LogP contribution is 2.25. The van der Waals surface area contributed by atoms with E-state index in [0.29, 0.717) is 0 Å². The maximum atomic E-state index is 11.6. The first-order valence-electron chi connectivity index (χ1n) is 5.54. The average Bonchev–Trinajstić information content (AvgIpc) is 2.37. The van der Waals surface area contributed by atoms with Gasteiger partial charge in [0.2, 0.25) is 11.7 Å². The molecule has 0 bridgehead atoms. The average molecular weight is 282 g/mol. The van der Waals surface area contributed by atoms with Gasteiger partial charge in [0.15, 0.2) is 5.69 Å². The maximum Gasteiger partial charge on any atom is 0.354 e. The zero-order valence-electron chi connectivity index (χ0n) is 11.2. The quantitative estimate of drug-likeness (QED) is 0.606. The normalized spacial score (nSPS) is 9.95. The van der Waals surface area contributed by atoms with E-state index in [-0.39, 0.29) is 29.7 Å². The summed E-state index contributed by atoms with van der Waals surface area (Å²) in [7, 11) is 4.53. The lowest BCUT2D eigenvalue weighted by Gasteiger charge is -2.20. The molecule has 1 aromatic heterocycles. The van der Waals surface area contributed by atoms with Crippen LogP contribution in [0.25, 0.3) is 0 Å². The minimum absolute atomic E-state index is 0.149. The fourth-order valence-corrected chi connectivity index (χ4v) is 1.40. The Morgan fingerprint density at radius 1 is 1.35 bits per heavy atom. The molecule has 1 amide bonds. The number of carboxylic acid groups (broad SMARTS) is 1. The van der Waals surface area contributed by atoms with Crippen molar-refractivity contribution in [2.45, 2.75) is 0 Å². The Morgan fingerprint density at radius 2 is 1.95 bits per heavy atom. The van der Waals surface area contributed by atoms with Gasteiger partial charge in [-0.05, 0) is 6.07 Å². The smallest absolute Gasteiger partial charge is 0.354 e. The Bertz CT molecular complexity index is 558. The van der Waals surface area contributed by atoms with E-state index in [9.17, 15) is 19.7 Å². The second-order valence-electron chi connectivity index (χ2n) is 4.25. The number of aromatic carboxylic acids is 1. The van der Waals surface area contributed by atoms with Crippen molar-refractivity contribution in [3.8, 4) is 0 Å². The van der Waals surface area contributed by atoms with Gasteiger partial charge in [0.25, 0.3) is 0 Å². The van der Waals surface area contributed by atoms with E-state index in [1.165, 1.54) is 16.8 Å². The lowest BCUT2D eigenvalue weighted by atomic mass is 10.3. The van der Waals surface area contributed by atoms with Crippen molar-refractivity contribution in [1.82, 2.24) is 9.88 Å². The first kappa shape index (κ1) is 15.3. The van der Waals surface area contributed by atoms with Gasteiger partial charge in [-0.15, -0.1) is 0 Å². The number of carbonyl (C=O) groups excluding carboxylic acids is 1. The summed E-state index contributed by atoms with van der Waals surface area (Å²) >= 11 is 0. The zero-order valence-corrected chi connectivity index (χ0v) is 11.2. The molecule has 0 spiro atoms. The zero-order chi connectivity index (χ0) is 15.4. The third-order valence-corrected chi connectivity index (χ3v) is 2.50.